The summed E-state index contributed by atoms with van der Waals surface area (Å²) in [6, 6.07) is 0. The lowest BCUT2D eigenvalue weighted by Gasteiger charge is -2.32. The van der Waals surface area contributed by atoms with Crippen molar-refractivity contribution in [2.45, 2.75) is 12.5 Å². The molecule has 2 atom stereocenters. The molecule has 4 nitrogen and oxygen atoms in total. The third-order valence-corrected chi connectivity index (χ3v) is 2.32. The average Bonchev–Trinajstić information content (AvgIpc) is 2.03. The second-order valence-electron chi connectivity index (χ2n) is 3.33. The minimum atomic E-state index is -0.279. The number of hydrogen-bond donors (Lipinski definition) is 1. The van der Waals surface area contributed by atoms with Crippen LogP contribution in [0, 0.1) is 5.92 Å². The van der Waals surface area contributed by atoms with Crippen molar-refractivity contribution in [1.82, 2.24) is 4.90 Å². The highest BCUT2D eigenvalue weighted by Gasteiger charge is 2.25. The number of aliphatic hydroxyl groups is 1. The van der Waals surface area contributed by atoms with Gasteiger partial charge in [-0.3, -0.25) is 0 Å². The van der Waals surface area contributed by atoms with Crippen molar-refractivity contribution in [1.29, 1.82) is 0 Å². The van der Waals surface area contributed by atoms with E-state index in [1.807, 2.05) is 7.05 Å². The van der Waals surface area contributed by atoms with Crippen molar-refractivity contribution < 1.29 is 14.9 Å². The van der Waals surface area contributed by atoms with Gasteiger partial charge in [-0.1, -0.05) is 0 Å². The summed E-state index contributed by atoms with van der Waals surface area (Å²) in [6.07, 6.45) is 0.694. The van der Waals surface area contributed by atoms with E-state index in [-0.39, 0.29) is 12.0 Å². The first kappa shape index (κ1) is 9.92. The van der Waals surface area contributed by atoms with E-state index in [1.165, 1.54) is 7.11 Å². The standard InChI is InChI=1S/C8H17NO3/c1-9-4-3-7(6-12-11-2)8(10)5-9/h7-8,10H,3-6H2,1-2H3. The number of likely N-dealkylation sites (tertiary alicyclic amines) is 1. The van der Waals surface area contributed by atoms with Crippen LogP contribution in [0.1, 0.15) is 6.42 Å². The van der Waals surface area contributed by atoms with Gasteiger partial charge >= 0.3 is 0 Å². The van der Waals surface area contributed by atoms with Gasteiger partial charge in [0.05, 0.1) is 19.8 Å². The van der Waals surface area contributed by atoms with Gasteiger partial charge in [-0.25, -0.2) is 9.78 Å². The van der Waals surface area contributed by atoms with E-state index in [2.05, 4.69) is 9.79 Å². The Labute approximate surface area is 73.0 Å². The maximum atomic E-state index is 9.59. The van der Waals surface area contributed by atoms with E-state index in [0.717, 1.165) is 19.5 Å². The van der Waals surface area contributed by atoms with E-state index < -0.39 is 0 Å². The van der Waals surface area contributed by atoms with Gasteiger partial charge in [0.2, 0.25) is 0 Å². The van der Waals surface area contributed by atoms with Crippen molar-refractivity contribution in [3.8, 4) is 0 Å². The van der Waals surface area contributed by atoms with Crippen LogP contribution in [0.3, 0.4) is 0 Å². The third kappa shape index (κ3) is 2.71. The van der Waals surface area contributed by atoms with Crippen molar-refractivity contribution in [2.75, 3.05) is 33.9 Å². The molecule has 1 N–H and O–H groups in total. The summed E-state index contributed by atoms with van der Waals surface area (Å²) < 4.78 is 0. The fraction of sp³-hybridized carbons (Fsp3) is 1.00. The van der Waals surface area contributed by atoms with Crippen molar-refractivity contribution in [3.63, 3.8) is 0 Å². The quantitative estimate of drug-likeness (QED) is 0.479. The normalized spacial score (nSPS) is 32.2. The Hall–Kier alpha value is -0.160. The zero-order valence-electron chi connectivity index (χ0n) is 7.69. The van der Waals surface area contributed by atoms with Gasteiger partial charge in [0, 0.05) is 12.5 Å². The van der Waals surface area contributed by atoms with Crippen LogP contribution in [0.4, 0.5) is 0 Å². The first-order valence-corrected chi connectivity index (χ1v) is 4.26. The molecule has 0 aromatic heterocycles. The highest BCUT2D eigenvalue weighted by atomic mass is 17.2. The maximum Gasteiger partial charge on any atom is 0.0876 e. The van der Waals surface area contributed by atoms with Gasteiger partial charge in [0.1, 0.15) is 0 Å². The van der Waals surface area contributed by atoms with E-state index >= 15 is 0 Å². The zero-order chi connectivity index (χ0) is 8.97. The molecule has 72 valence electrons. The highest BCUT2D eigenvalue weighted by molar-refractivity contribution is 4.77. The second kappa shape index (κ2) is 4.77. The van der Waals surface area contributed by atoms with E-state index in [0.29, 0.717) is 6.61 Å². The van der Waals surface area contributed by atoms with Crippen LogP contribution in [0.15, 0.2) is 0 Å². The molecule has 0 aromatic carbocycles. The number of aliphatic hydroxyl groups excluding tert-OH is 1. The van der Waals surface area contributed by atoms with E-state index in [1.54, 1.807) is 0 Å². The SMILES string of the molecule is COOCC1CCN(C)CC1O. The van der Waals surface area contributed by atoms with E-state index in [9.17, 15) is 5.11 Å². The van der Waals surface area contributed by atoms with Crippen LogP contribution in [0.5, 0.6) is 0 Å². The molecule has 0 amide bonds. The molecule has 1 rings (SSSR count). The van der Waals surface area contributed by atoms with Gasteiger partial charge < -0.3 is 10.0 Å². The number of rotatable bonds is 3. The Morgan fingerprint density at radius 2 is 2.33 bits per heavy atom. The van der Waals surface area contributed by atoms with Crippen LogP contribution in [0.25, 0.3) is 0 Å². The Balaban J connectivity index is 2.25. The molecule has 1 fully saturated rings. The van der Waals surface area contributed by atoms with Crippen molar-refractivity contribution in [2.24, 2.45) is 5.92 Å². The third-order valence-electron chi connectivity index (χ3n) is 2.32. The molecule has 1 saturated heterocycles. The minimum Gasteiger partial charge on any atom is -0.391 e. The topological polar surface area (TPSA) is 41.9 Å². The molecule has 1 heterocycles. The van der Waals surface area contributed by atoms with Crippen LogP contribution in [-0.4, -0.2) is 50.0 Å². The minimum absolute atomic E-state index is 0.223. The Bertz CT molecular complexity index is 129. The molecular formula is C8H17NO3. The zero-order valence-corrected chi connectivity index (χ0v) is 7.69. The lowest BCUT2D eigenvalue weighted by atomic mass is 9.95. The van der Waals surface area contributed by atoms with Crippen LogP contribution < -0.4 is 0 Å². The second-order valence-corrected chi connectivity index (χ2v) is 3.33. The molecular weight excluding hydrogens is 158 g/mol. The monoisotopic (exact) mass is 175 g/mol. The summed E-state index contributed by atoms with van der Waals surface area (Å²) in [7, 11) is 3.50. The summed E-state index contributed by atoms with van der Waals surface area (Å²) in [4.78, 5) is 11.4. The molecule has 2 unspecified atom stereocenters. The maximum absolute atomic E-state index is 9.59. The largest absolute Gasteiger partial charge is 0.391 e. The molecule has 0 aromatic rings. The molecule has 0 spiro atoms. The molecule has 0 aliphatic carbocycles. The molecule has 0 saturated carbocycles. The van der Waals surface area contributed by atoms with Gasteiger partial charge in [-0.15, -0.1) is 0 Å². The van der Waals surface area contributed by atoms with Crippen LogP contribution in [-0.2, 0) is 9.78 Å². The number of β-amino-alcohol motifs (C(OH)–C–C–N with tert-alkyl or cyclic N) is 1. The highest BCUT2D eigenvalue weighted by Crippen LogP contribution is 2.16. The first-order valence-electron chi connectivity index (χ1n) is 4.26. The molecule has 12 heavy (non-hydrogen) atoms. The molecule has 4 heteroatoms. The van der Waals surface area contributed by atoms with Gasteiger partial charge in [0.15, 0.2) is 0 Å². The van der Waals surface area contributed by atoms with Crippen molar-refractivity contribution >= 4 is 0 Å². The van der Waals surface area contributed by atoms with Gasteiger partial charge in [0.25, 0.3) is 0 Å². The average molecular weight is 175 g/mol. The Morgan fingerprint density at radius 3 is 2.92 bits per heavy atom. The van der Waals surface area contributed by atoms with E-state index in [4.69, 9.17) is 4.89 Å². The predicted molar refractivity (Wildman–Crippen MR) is 44.6 cm³/mol. The fourth-order valence-corrected chi connectivity index (χ4v) is 1.49. The summed E-state index contributed by atoms with van der Waals surface area (Å²) >= 11 is 0. The summed E-state index contributed by atoms with van der Waals surface area (Å²) in [5.41, 5.74) is 0. The smallest absolute Gasteiger partial charge is 0.0876 e. The lowest BCUT2D eigenvalue weighted by Crippen LogP contribution is -2.43. The molecule has 1 aliphatic rings. The number of likely N-dealkylation sites (N-methyl/N-ethyl adjacent to an activating group) is 1. The predicted octanol–water partition coefficient (Wildman–Crippen LogP) is -0.123. The molecule has 1 aliphatic heterocycles. The Morgan fingerprint density at radius 1 is 1.58 bits per heavy atom. The van der Waals surface area contributed by atoms with Gasteiger partial charge in [-0.2, -0.15) is 0 Å². The molecule has 0 bridgehead atoms. The number of hydrogen-bond acceptors (Lipinski definition) is 4. The number of piperidine rings is 1. The Kier molecular flexibility index (Phi) is 3.94. The summed E-state index contributed by atoms with van der Waals surface area (Å²) in [5.74, 6) is 0.223. The van der Waals surface area contributed by atoms with Crippen LogP contribution in [0.2, 0.25) is 0 Å². The first-order chi connectivity index (χ1) is 5.74. The molecule has 0 radical (unpaired) electrons. The summed E-state index contributed by atoms with van der Waals surface area (Å²) in [5, 5.41) is 9.59. The summed E-state index contributed by atoms with van der Waals surface area (Å²) in [6.45, 7) is 2.25. The fourth-order valence-electron chi connectivity index (χ4n) is 1.49. The van der Waals surface area contributed by atoms with Crippen LogP contribution >= 0.6 is 0 Å². The number of nitrogens with zero attached hydrogens (tertiary/aromatic N) is 1. The van der Waals surface area contributed by atoms with Gasteiger partial charge in [-0.05, 0) is 20.0 Å². The van der Waals surface area contributed by atoms with Crippen molar-refractivity contribution in [3.05, 3.63) is 0 Å². The lowest BCUT2D eigenvalue weighted by molar-refractivity contribution is -0.285.